The van der Waals surface area contributed by atoms with Crippen molar-refractivity contribution in [1.29, 1.82) is 0 Å². The van der Waals surface area contributed by atoms with Gasteiger partial charge in [0.2, 0.25) is 11.8 Å². The molecule has 0 aromatic heterocycles. The molecule has 7 nitrogen and oxygen atoms in total. The van der Waals surface area contributed by atoms with E-state index in [-0.39, 0.29) is 24.5 Å². The Morgan fingerprint density at radius 1 is 1.05 bits per heavy atom. The van der Waals surface area contributed by atoms with Gasteiger partial charge in [-0.2, -0.15) is 0 Å². The number of thioether (sulfide) groups is 1. The zero-order valence-corrected chi connectivity index (χ0v) is 24.2. The predicted molar refractivity (Wildman–Crippen MR) is 160 cm³/mol. The molecule has 1 aliphatic heterocycles. The lowest BCUT2D eigenvalue weighted by atomic mass is 9.85. The smallest absolute Gasteiger partial charge is 0.249 e. The molecular weight excluding hydrogens is 530 g/mol. The minimum atomic E-state index is -0.505. The zero-order chi connectivity index (χ0) is 27.5. The number of ether oxygens (including phenoxy) is 2. The van der Waals surface area contributed by atoms with E-state index in [0.717, 1.165) is 29.9 Å². The van der Waals surface area contributed by atoms with Crippen molar-refractivity contribution in [3.05, 3.63) is 60.2 Å². The number of nitrogens with zero attached hydrogens (tertiary/aromatic N) is 1. The lowest BCUT2D eigenvalue weighted by Crippen LogP contribution is -2.53. The van der Waals surface area contributed by atoms with E-state index < -0.39 is 6.04 Å². The van der Waals surface area contributed by atoms with Crippen LogP contribution in [0, 0.1) is 5.92 Å². The number of amides is 2. The monoisotopic (exact) mass is 569 g/mol. The number of hydrogen-bond acceptors (Lipinski definition) is 6. The van der Waals surface area contributed by atoms with Gasteiger partial charge in [-0.05, 0) is 48.6 Å². The summed E-state index contributed by atoms with van der Waals surface area (Å²) in [6.45, 7) is 0.530. The van der Waals surface area contributed by atoms with Crippen molar-refractivity contribution in [1.82, 2.24) is 15.5 Å². The van der Waals surface area contributed by atoms with E-state index >= 15 is 0 Å². The SMILES string of the molecule is COCC(=O)N1CSC[C@H]1C(=O)N[C@H](CCC1CCCCC1)C(=S)NCc1ccc(Oc2ccccc2)cc1. The quantitative estimate of drug-likeness (QED) is 0.336. The molecule has 2 aliphatic rings. The Morgan fingerprint density at radius 3 is 2.49 bits per heavy atom. The molecule has 210 valence electrons. The number of para-hydroxylation sites is 1. The van der Waals surface area contributed by atoms with Crippen LogP contribution in [0.1, 0.15) is 50.5 Å². The molecule has 39 heavy (non-hydrogen) atoms. The Balaban J connectivity index is 1.35. The van der Waals surface area contributed by atoms with Gasteiger partial charge in [0.15, 0.2) is 0 Å². The lowest BCUT2D eigenvalue weighted by Gasteiger charge is -2.28. The molecule has 2 amide bonds. The van der Waals surface area contributed by atoms with Gasteiger partial charge in [0.1, 0.15) is 24.1 Å². The fourth-order valence-corrected chi connectivity index (χ4v) is 6.57. The summed E-state index contributed by atoms with van der Waals surface area (Å²) >= 11 is 7.40. The van der Waals surface area contributed by atoms with E-state index in [1.165, 1.54) is 39.2 Å². The molecule has 2 N–H and O–H groups in total. The lowest BCUT2D eigenvalue weighted by molar-refractivity contribution is -0.140. The molecular formula is C30H39N3O4S2. The van der Waals surface area contributed by atoms with Gasteiger partial charge in [-0.25, -0.2) is 0 Å². The number of nitrogens with one attached hydrogen (secondary N) is 2. The Bertz CT molecular complexity index is 1080. The van der Waals surface area contributed by atoms with Gasteiger partial charge >= 0.3 is 0 Å². The summed E-state index contributed by atoms with van der Waals surface area (Å²) in [7, 11) is 1.49. The Morgan fingerprint density at radius 2 is 1.77 bits per heavy atom. The number of hydrogen-bond donors (Lipinski definition) is 2. The molecule has 0 unspecified atom stereocenters. The summed E-state index contributed by atoms with van der Waals surface area (Å²) in [5, 5.41) is 6.56. The van der Waals surface area contributed by atoms with Crippen LogP contribution in [0.25, 0.3) is 0 Å². The first-order chi connectivity index (χ1) is 19.0. The molecule has 1 saturated carbocycles. The molecule has 2 aromatic rings. The van der Waals surface area contributed by atoms with Crippen LogP contribution in [-0.2, 0) is 20.9 Å². The molecule has 0 bridgehead atoms. The summed E-state index contributed by atoms with van der Waals surface area (Å²) in [5.74, 6) is 3.01. The van der Waals surface area contributed by atoms with Crippen LogP contribution in [0.2, 0.25) is 0 Å². The van der Waals surface area contributed by atoms with Crippen molar-refractivity contribution >= 4 is 40.8 Å². The number of thiocarbonyl (C=S) groups is 1. The normalized spacial score (nSPS) is 18.4. The Labute approximate surface area is 241 Å². The maximum atomic E-state index is 13.3. The zero-order valence-electron chi connectivity index (χ0n) is 22.6. The van der Waals surface area contributed by atoms with E-state index in [1.54, 1.807) is 16.7 Å². The van der Waals surface area contributed by atoms with E-state index in [0.29, 0.717) is 29.1 Å². The summed E-state index contributed by atoms with van der Waals surface area (Å²) in [5.41, 5.74) is 1.07. The third kappa shape index (κ3) is 8.95. The molecule has 2 atom stereocenters. The number of carbonyl (C=O) groups is 2. The molecule has 1 heterocycles. The van der Waals surface area contributed by atoms with Crippen LogP contribution in [0.15, 0.2) is 54.6 Å². The predicted octanol–water partition coefficient (Wildman–Crippen LogP) is 5.29. The number of methoxy groups -OCH3 is 1. The molecule has 0 radical (unpaired) electrons. The summed E-state index contributed by atoms with van der Waals surface area (Å²) in [6, 6.07) is 16.8. The second-order valence-corrected chi connectivity index (χ2v) is 11.7. The minimum Gasteiger partial charge on any atom is -0.457 e. The summed E-state index contributed by atoms with van der Waals surface area (Å²) in [4.78, 5) is 28.0. The first-order valence-corrected chi connectivity index (χ1v) is 15.4. The van der Waals surface area contributed by atoms with Crippen LogP contribution in [0.3, 0.4) is 0 Å². The minimum absolute atomic E-state index is 0.0232. The standard InChI is InChI=1S/C30H39N3O4S2/c1-36-19-28(34)33-21-39-20-27(33)29(35)32-26(17-14-22-8-4-2-5-9-22)30(38)31-18-23-12-15-25(16-13-23)37-24-10-6-3-7-11-24/h3,6-7,10-13,15-16,22,26-27H,2,4-5,8-9,14,17-21H2,1H3,(H,31,38)(H,32,35)/t26-,27+/m1/s1. The third-order valence-corrected chi connectivity index (χ3v) is 8.80. The molecule has 1 aliphatic carbocycles. The van der Waals surface area contributed by atoms with Crippen LogP contribution >= 0.6 is 24.0 Å². The molecule has 2 aromatic carbocycles. The van der Waals surface area contributed by atoms with Crippen molar-refractivity contribution in [3.63, 3.8) is 0 Å². The van der Waals surface area contributed by atoms with Gasteiger partial charge in [-0.15, -0.1) is 11.8 Å². The van der Waals surface area contributed by atoms with Gasteiger partial charge in [-0.1, -0.05) is 74.7 Å². The van der Waals surface area contributed by atoms with Gasteiger partial charge < -0.3 is 25.0 Å². The van der Waals surface area contributed by atoms with Crippen LogP contribution in [0.4, 0.5) is 0 Å². The first-order valence-electron chi connectivity index (χ1n) is 13.8. The fourth-order valence-electron chi connectivity index (χ4n) is 5.14. The van der Waals surface area contributed by atoms with Gasteiger partial charge in [0.05, 0.1) is 16.9 Å². The summed E-state index contributed by atoms with van der Waals surface area (Å²) in [6.07, 6.45) is 8.20. The first kappa shape index (κ1) is 29.4. The largest absolute Gasteiger partial charge is 0.457 e. The maximum absolute atomic E-state index is 13.3. The molecule has 9 heteroatoms. The van der Waals surface area contributed by atoms with Gasteiger partial charge in [0.25, 0.3) is 0 Å². The van der Waals surface area contributed by atoms with Gasteiger partial charge in [-0.3, -0.25) is 9.59 Å². The average Bonchev–Trinajstić information content (AvgIpc) is 3.46. The van der Waals surface area contributed by atoms with E-state index in [1.807, 2.05) is 54.6 Å². The Hall–Kier alpha value is -2.62. The van der Waals surface area contributed by atoms with Crippen LogP contribution in [-0.4, -0.2) is 59.1 Å². The highest BCUT2D eigenvalue weighted by Crippen LogP contribution is 2.28. The highest BCUT2D eigenvalue weighted by atomic mass is 32.2. The van der Waals surface area contributed by atoms with Gasteiger partial charge in [0, 0.05) is 19.4 Å². The van der Waals surface area contributed by atoms with Crippen molar-refractivity contribution < 1.29 is 19.1 Å². The average molecular weight is 570 g/mol. The number of carbonyl (C=O) groups excluding carboxylic acids is 2. The number of benzene rings is 2. The second-order valence-electron chi connectivity index (χ2n) is 10.2. The summed E-state index contributed by atoms with van der Waals surface area (Å²) < 4.78 is 10.9. The number of rotatable bonds is 12. The molecule has 4 rings (SSSR count). The fraction of sp³-hybridized carbons (Fsp3) is 0.500. The van der Waals surface area contributed by atoms with Crippen molar-refractivity contribution in [2.24, 2.45) is 5.92 Å². The molecule has 2 fully saturated rings. The van der Waals surface area contributed by atoms with Crippen molar-refractivity contribution in [2.45, 2.75) is 63.6 Å². The second kappa shape index (κ2) is 15.2. The highest BCUT2D eigenvalue weighted by Gasteiger charge is 2.35. The Kier molecular flexibility index (Phi) is 11.5. The molecule has 1 saturated heterocycles. The van der Waals surface area contributed by atoms with Crippen molar-refractivity contribution in [3.8, 4) is 11.5 Å². The topological polar surface area (TPSA) is 79.9 Å². The van der Waals surface area contributed by atoms with E-state index in [9.17, 15) is 9.59 Å². The van der Waals surface area contributed by atoms with E-state index in [2.05, 4.69) is 10.6 Å². The maximum Gasteiger partial charge on any atom is 0.249 e. The van der Waals surface area contributed by atoms with Crippen LogP contribution in [0.5, 0.6) is 11.5 Å². The highest BCUT2D eigenvalue weighted by molar-refractivity contribution is 7.99. The van der Waals surface area contributed by atoms with Crippen molar-refractivity contribution in [2.75, 3.05) is 25.3 Å². The van der Waals surface area contributed by atoms with Crippen LogP contribution < -0.4 is 15.4 Å². The molecule has 0 spiro atoms. The van der Waals surface area contributed by atoms with E-state index in [4.69, 9.17) is 21.7 Å². The third-order valence-electron chi connectivity index (χ3n) is 7.36.